The first-order valence-electron chi connectivity index (χ1n) is 7.95. The van der Waals surface area contributed by atoms with Gasteiger partial charge in [-0.05, 0) is 13.8 Å². The van der Waals surface area contributed by atoms with E-state index in [1.54, 1.807) is 4.90 Å². The van der Waals surface area contributed by atoms with Gasteiger partial charge in [-0.25, -0.2) is 9.78 Å². The largest absolute Gasteiger partial charge is 0.478 e. The van der Waals surface area contributed by atoms with E-state index in [-0.39, 0.29) is 23.4 Å². The monoisotopic (exact) mass is 367 g/mol. The number of carboxylic acids is 1. The van der Waals surface area contributed by atoms with Crippen molar-refractivity contribution in [1.29, 1.82) is 0 Å². The van der Waals surface area contributed by atoms with Crippen LogP contribution in [0.25, 0.3) is 10.2 Å². The van der Waals surface area contributed by atoms with Gasteiger partial charge >= 0.3 is 5.97 Å². The van der Waals surface area contributed by atoms with Crippen LogP contribution in [0, 0.1) is 0 Å². The fourth-order valence-corrected chi connectivity index (χ4v) is 3.50. The minimum atomic E-state index is -1.18. The Kier molecular flexibility index (Phi) is 6.27. The molecular weight excluding hydrogens is 346 g/mol. The van der Waals surface area contributed by atoms with E-state index in [4.69, 9.17) is 4.74 Å². The van der Waals surface area contributed by atoms with Crippen LogP contribution in [0.4, 0.5) is 0 Å². The molecule has 0 fully saturated rings. The highest BCUT2D eigenvalue weighted by Gasteiger charge is 2.21. The van der Waals surface area contributed by atoms with Crippen LogP contribution in [0.15, 0.2) is 10.2 Å². The molecule has 0 bridgehead atoms. The Morgan fingerprint density at radius 2 is 2.04 bits per heavy atom. The number of likely N-dealkylation sites (N-methyl/N-ethyl adjacent to an activating group) is 1. The molecule has 9 heteroatoms. The second-order valence-electron chi connectivity index (χ2n) is 5.36. The molecule has 0 saturated carbocycles. The number of thiophene rings is 1. The molecule has 0 atom stereocenters. The van der Waals surface area contributed by atoms with Crippen molar-refractivity contribution in [2.24, 2.45) is 0 Å². The van der Waals surface area contributed by atoms with Crippen LogP contribution in [0.3, 0.4) is 0 Å². The summed E-state index contributed by atoms with van der Waals surface area (Å²) in [5.74, 6) is -0.978. The van der Waals surface area contributed by atoms with Gasteiger partial charge in [0.05, 0.1) is 17.6 Å². The zero-order valence-corrected chi connectivity index (χ0v) is 15.3. The first-order chi connectivity index (χ1) is 11.9. The smallest absolute Gasteiger partial charge is 0.337 e. The molecule has 25 heavy (non-hydrogen) atoms. The lowest BCUT2D eigenvalue weighted by Crippen LogP contribution is -2.38. The van der Waals surface area contributed by atoms with Gasteiger partial charge in [-0.2, -0.15) is 0 Å². The average Bonchev–Trinajstić information content (AvgIpc) is 3.01. The van der Waals surface area contributed by atoms with Crippen molar-refractivity contribution in [3.05, 3.63) is 27.1 Å². The van der Waals surface area contributed by atoms with Crippen LogP contribution in [-0.4, -0.2) is 58.2 Å². The Balaban J connectivity index is 2.58. The van der Waals surface area contributed by atoms with E-state index in [9.17, 15) is 19.5 Å². The number of aromatic nitrogens is 2. The van der Waals surface area contributed by atoms with Crippen LogP contribution < -0.4 is 5.56 Å². The molecule has 136 valence electrons. The number of methoxy groups -OCH3 is 1. The molecule has 0 saturated heterocycles. The Morgan fingerprint density at radius 3 is 2.60 bits per heavy atom. The topological polar surface area (TPSA) is 102 Å². The second-order valence-corrected chi connectivity index (χ2v) is 6.22. The number of aromatic carboxylic acids is 1. The van der Waals surface area contributed by atoms with Gasteiger partial charge in [-0.3, -0.25) is 14.2 Å². The summed E-state index contributed by atoms with van der Waals surface area (Å²) in [6, 6.07) is 0. The van der Waals surface area contributed by atoms with Crippen molar-refractivity contribution in [2.45, 2.75) is 26.8 Å². The van der Waals surface area contributed by atoms with Gasteiger partial charge in [0.1, 0.15) is 17.2 Å². The van der Waals surface area contributed by atoms with Crippen LogP contribution in [-0.2, 0) is 22.5 Å². The minimum Gasteiger partial charge on any atom is -0.478 e. The quantitative estimate of drug-likeness (QED) is 0.753. The average molecular weight is 367 g/mol. The molecule has 0 aliphatic rings. The highest BCUT2D eigenvalue weighted by atomic mass is 32.1. The Hall–Kier alpha value is -2.26. The molecule has 1 amide bonds. The van der Waals surface area contributed by atoms with E-state index in [1.165, 1.54) is 17.1 Å². The van der Waals surface area contributed by atoms with Crippen molar-refractivity contribution in [3.8, 4) is 0 Å². The van der Waals surface area contributed by atoms with Crippen molar-refractivity contribution in [2.75, 3.05) is 26.8 Å². The van der Waals surface area contributed by atoms with E-state index >= 15 is 0 Å². The first kappa shape index (κ1) is 19.1. The van der Waals surface area contributed by atoms with Gasteiger partial charge in [-0.1, -0.05) is 0 Å². The maximum absolute atomic E-state index is 12.9. The molecule has 2 heterocycles. The third-order valence-electron chi connectivity index (χ3n) is 3.94. The van der Waals surface area contributed by atoms with Crippen molar-refractivity contribution >= 4 is 33.4 Å². The lowest BCUT2D eigenvalue weighted by atomic mass is 10.2. The minimum absolute atomic E-state index is 0.0472. The van der Waals surface area contributed by atoms with Crippen molar-refractivity contribution in [1.82, 2.24) is 14.5 Å². The molecule has 2 aromatic rings. The number of hydrogen-bond donors (Lipinski definition) is 1. The van der Waals surface area contributed by atoms with Gasteiger partial charge in [0.15, 0.2) is 0 Å². The van der Waals surface area contributed by atoms with Gasteiger partial charge < -0.3 is 14.7 Å². The van der Waals surface area contributed by atoms with Crippen LogP contribution in [0.2, 0.25) is 0 Å². The van der Waals surface area contributed by atoms with E-state index < -0.39 is 11.5 Å². The standard InChI is InChI=1S/C16H21N3O5S/c1-4-18(5-2)12(20)8-19-11(6-7-24-3)17-14-13(15(19)21)10(9-25-14)16(22)23/h9H,4-8H2,1-3H3,(H,22,23). The SMILES string of the molecule is CCN(CC)C(=O)Cn1c(CCOC)nc2scc(C(=O)O)c2c1=O. The molecule has 2 rings (SSSR count). The summed E-state index contributed by atoms with van der Waals surface area (Å²) in [6.45, 7) is 4.96. The third kappa shape index (κ3) is 3.88. The second kappa shape index (κ2) is 8.21. The summed E-state index contributed by atoms with van der Waals surface area (Å²) in [5, 5.41) is 10.7. The number of hydrogen-bond acceptors (Lipinski definition) is 6. The van der Waals surface area contributed by atoms with Crippen LogP contribution in [0.5, 0.6) is 0 Å². The molecule has 2 aromatic heterocycles. The summed E-state index contributed by atoms with van der Waals surface area (Å²) in [7, 11) is 1.54. The van der Waals surface area contributed by atoms with E-state index in [0.717, 1.165) is 11.3 Å². The number of nitrogens with zero attached hydrogens (tertiary/aromatic N) is 3. The normalized spacial score (nSPS) is 11.0. The molecule has 0 spiro atoms. The molecule has 8 nitrogen and oxygen atoms in total. The Bertz CT molecular complexity index is 838. The lowest BCUT2D eigenvalue weighted by molar-refractivity contribution is -0.131. The maximum Gasteiger partial charge on any atom is 0.337 e. The van der Waals surface area contributed by atoms with Gasteiger partial charge in [0.25, 0.3) is 5.56 Å². The van der Waals surface area contributed by atoms with Crippen LogP contribution >= 0.6 is 11.3 Å². The Labute approximate surface area is 148 Å². The molecule has 0 radical (unpaired) electrons. The summed E-state index contributed by atoms with van der Waals surface area (Å²) in [6.07, 6.45) is 0.355. The van der Waals surface area contributed by atoms with E-state index in [2.05, 4.69) is 4.98 Å². The van der Waals surface area contributed by atoms with E-state index in [0.29, 0.717) is 36.8 Å². The summed E-state index contributed by atoms with van der Waals surface area (Å²) in [4.78, 5) is 43.1. The highest BCUT2D eigenvalue weighted by molar-refractivity contribution is 7.17. The lowest BCUT2D eigenvalue weighted by Gasteiger charge is -2.20. The van der Waals surface area contributed by atoms with Crippen molar-refractivity contribution in [3.63, 3.8) is 0 Å². The number of carbonyl (C=O) groups excluding carboxylic acids is 1. The number of carbonyl (C=O) groups is 2. The number of ether oxygens (including phenoxy) is 1. The summed E-state index contributed by atoms with van der Waals surface area (Å²) < 4.78 is 6.31. The summed E-state index contributed by atoms with van der Waals surface area (Å²) in [5.41, 5.74) is -0.588. The van der Waals surface area contributed by atoms with Crippen molar-refractivity contribution < 1.29 is 19.4 Å². The third-order valence-corrected chi connectivity index (χ3v) is 4.81. The predicted octanol–water partition coefficient (Wildman–Crippen LogP) is 1.21. The molecule has 1 N–H and O–H groups in total. The van der Waals surface area contributed by atoms with Crippen LogP contribution in [0.1, 0.15) is 30.0 Å². The molecule has 0 unspecified atom stereocenters. The summed E-state index contributed by atoms with van der Waals surface area (Å²) >= 11 is 1.11. The number of fused-ring (bicyclic) bond motifs is 1. The Morgan fingerprint density at radius 1 is 1.36 bits per heavy atom. The zero-order chi connectivity index (χ0) is 18.6. The first-order valence-corrected chi connectivity index (χ1v) is 8.83. The van der Waals surface area contributed by atoms with Gasteiger partial charge in [0, 0.05) is 32.0 Å². The van der Waals surface area contributed by atoms with E-state index in [1.807, 2.05) is 13.8 Å². The number of amides is 1. The fraction of sp³-hybridized carbons (Fsp3) is 0.500. The predicted molar refractivity (Wildman–Crippen MR) is 94.3 cm³/mol. The molecular formula is C16H21N3O5S. The number of rotatable bonds is 8. The van der Waals surface area contributed by atoms with Gasteiger partial charge in [-0.15, -0.1) is 11.3 Å². The number of carboxylic acid groups (broad SMARTS) is 1. The zero-order valence-electron chi connectivity index (χ0n) is 14.4. The highest BCUT2D eigenvalue weighted by Crippen LogP contribution is 2.22. The maximum atomic E-state index is 12.9. The molecule has 0 aliphatic carbocycles. The molecule has 0 aliphatic heterocycles. The molecule has 0 aromatic carbocycles. The fourth-order valence-electron chi connectivity index (χ4n) is 2.58. The van der Waals surface area contributed by atoms with Gasteiger partial charge in [0.2, 0.25) is 5.91 Å².